The first-order chi connectivity index (χ1) is 10.1. The number of sulfonamides is 1. The van der Waals surface area contributed by atoms with Gasteiger partial charge in [-0.05, 0) is 18.6 Å². The Bertz CT molecular complexity index is 802. The number of aromatic nitrogens is 1. The highest BCUT2D eigenvalue weighted by Gasteiger charge is 2.44. The van der Waals surface area contributed by atoms with Crippen LogP contribution in [0.3, 0.4) is 0 Å². The molecule has 1 aromatic carbocycles. The molecule has 0 radical (unpaired) electrons. The normalized spacial score (nSPS) is 25.8. The molecule has 0 amide bonds. The topological polar surface area (TPSA) is 62.3 Å². The van der Waals surface area contributed by atoms with Crippen LogP contribution in [0.4, 0.5) is 0 Å². The summed E-state index contributed by atoms with van der Waals surface area (Å²) in [4.78, 5) is 4.55. The summed E-state index contributed by atoms with van der Waals surface area (Å²) < 4.78 is 27.6. The standard InChI is InChI=1S/C15H17N3O2S/c1-10-5-16-6-11-3-2-4-14(15(10)11)21(19,20)18-8-12-7-17-13(12)9-18/h2-6,12-13,17H,7-9H2,1H3/t12-,13+/m1/s1. The summed E-state index contributed by atoms with van der Waals surface area (Å²) in [7, 11) is -3.45. The number of nitrogens with zero attached hydrogens (tertiary/aromatic N) is 2. The van der Waals surface area contributed by atoms with E-state index in [9.17, 15) is 8.42 Å². The fraction of sp³-hybridized carbons (Fsp3) is 0.400. The van der Waals surface area contributed by atoms with Gasteiger partial charge in [0, 0.05) is 54.8 Å². The van der Waals surface area contributed by atoms with Gasteiger partial charge < -0.3 is 5.32 Å². The molecule has 0 spiro atoms. The minimum Gasteiger partial charge on any atom is -0.312 e. The summed E-state index contributed by atoms with van der Waals surface area (Å²) in [5, 5.41) is 4.96. The van der Waals surface area contributed by atoms with E-state index in [2.05, 4.69) is 10.3 Å². The van der Waals surface area contributed by atoms with Crippen LogP contribution in [0.5, 0.6) is 0 Å². The highest BCUT2D eigenvalue weighted by atomic mass is 32.2. The van der Waals surface area contributed by atoms with E-state index in [4.69, 9.17) is 0 Å². The highest BCUT2D eigenvalue weighted by Crippen LogP contribution is 2.32. The molecule has 2 aliphatic heterocycles. The van der Waals surface area contributed by atoms with Crippen molar-refractivity contribution < 1.29 is 8.42 Å². The Morgan fingerprint density at radius 1 is 1.29 bits per heavy atom. The van der Waals surface area contributed by atoms with Gasteiger partial charge in [-0.2, -0.15) is 4.31 Å². The van der Waals surface area contributed by atoms with Gasteiger partial charge in [0.25, 0.3) is 0 Å². The summed E-state index contributed by atoms with van der Waals surface area (Å²) in [5.74, 6) is 0.470. The lowest BCUT2D eigenvalue weighted by atomic mass is 9.96. The minimum absolute atomic E-state index is 0.331. The summed E-state index contributed by atoms with van der Waals surface area (Å²) in [6.07, 6.45) is 3.44. The Balaban J connectivity index is 1.86. The van der Waals surface area contributed by atoms with Gasteiger partial charge in [-0.15, -0.1) is 0 Å². The lowest BCUT2D eigenvalue weighted by molar-refractivity contribution is 0.297. The lowest BCUT2D eigenvalue weighted by Crippen LogP contribution is -2.51. The van der Waals surface area contributed by atoms with E-state index >= 15 is 0 Å². The second-order valence-corrected chi connectivity index (χ2v) is 7.81. The molecule has 1 N–H and O–H groups in total. The minimum atomic E-state index is -3.45. The maximum Gasteiger partial charge on any atom is 0.243 e. The molecule has 2 aromatic rings. The first kappa shape index (κ1) is 13.2. The quantitative estimate of drug-likeness (QED) is 0.903. The Hall–Kier alpha value is -1.50. The van der Waals surface area contributed by atoms with E-state index in [0.717, 1.165) is 22.9 Å². The van der Waals surface area contributed by atoms with Crippen molar-refractivity contribution in [3.8, 4) is 0 Å². The average Bonchev–Trinajstić information content (AvgIpc) is 2.74. The highest BCUT2D eigenvalue weighted by molar-refractivity contribution is 7.89. The molecule has 0 saturated carbocycles. The summed E-state index contributed by atoms with van der Waals surface area (Å²) >= 11 is 0. The van der Waals surface area contributed by atoms with Gasteiger partial charge in [-0.1, -0.05) is 12.1 Å². The molecule has 5 nitrogen and oxygen atoms in total. The monoisotopic (exact) mass is 303 g/mol. The van der Waals surface area contributed by atoms with E-state index in [0.29, 0.717) is 29.9 Å². The molecule has 0 aliphatic carbocycles. The van der Waals surface area contributed by atoms with Crippen LogP contribution >= 0.6 is 0 Å². The molecule has 110 valence electrons. The first-order valence-corrected chi connectivity index (χ1v) is 8.58. The lowest BCUT2D eigenvalue weighted by Gasteiger charge is -2.30. The third-order valence-corrected chi connectivity index (χ3v) is 6.48. The summed E-state index contributed by atoms with van der Waals surface area (Å²) in [5.41, 5.74) is 0.895. The number of rotatable bonds is 2. The number of pyridine rings is 1. The molecule has 2 atom stereocenters. The van der Waals surface area contributed by atoms with E-state index in [1.807, 2.05) is 13.0 Å². The van der Waals surface area contributed by atoms with Gasteiger partial charge in [0.05, 0.1) is 4.90 Å². The number of benzene rings is 1. The van der Waals surface area contributed by atoms with Gasteiger partial charge in [0.2, 0.25) is 10.0 Å². The molecular formula is C15H17N3O2S. The van der Waals surface area contributed by atoms with Crippen LogP contribution < -0.4 is 5.32 Å². The first-order valence-electron chi connectivity index (χ1n) is 7.14. The van der Waals surface area contributed by atoms with Crippen LogP contribution in [0.15, 0.2) is 35.5 Å². The number of aryl methyl sites for hydroxylation is 1. The largest absolute Gasteiger partial charge is 0.312 e. The molecule has 2 fully saturated rings. The van der Waals surface area contributed by atoms with Crippen molar-refractivity contribution in [2.45, 2.75) is 17.9 Å². The van der Waals surface area contributed by atoms with Crippen LogP contribution in [-0.4, -0.2) is 43.4 Å². The van der Waals surface area contributed by atoms with Gasteiger partial charge >= 0.3 is 0 Å². The molecule has 21 heavy (non-hydrogen) atoms. The van der Waals surface area contributed by atoms with E-state index in [-0.39, 0.29) is 0 Å². The van der Waals surface area contributed by atoms with Crippen molar-refractivity contribution in [1.82, 2.24) is 14.6 Å². The molecule has 6 heteroatoms. The van der Waals surface area contributed by atoms with Crippen molar-refractivity contribution in [1.29, 1.82) is 0 Å². The Morgan fingerprint density at radius 2 is 2.14 bits per heavy atom. The zero-order valence-corrected chi connectivity index (χ0v) is 12.6. The molecule has 0 unspecified atom stereocenters. The van der Waals surface area contributed by atoms with Gasteiger partial charge in [-0.3, -0.25) is 4.98 Å². The Morgan fingerprint density at radius 3 is 2.81 bits per heavy atom. The SMILES string of the molecule is Cc1cncc2cccc(S(=O)(=O)N3C[C@H]4CN[C@H]4C3)c12. The van der Waals surface area contributed by atoms with E-state index < -0.39 is 10.0 Å². The smallest absolute Gasteiger partial charge is 0.243 e. The predicted octanol–water partition coefficient (Wildman–Crippen LogP) is 1.14. The maximum atomic E-state index is 13.0. The number of nitrogens with one attached hydrogen (secondary N) is 1. The second-order valence-electron chi connectivity index (χ2n) is 5.91. The third kappa shape index (κ3) is 1.90. The molecule has 4 rings (SSSR count). The van der Waals surface area contributed by atoms with Crippen molar-refractivity contribution in [3.63, 3.8) is 0 Å². The molecule has 3 heterocycles. The van der Waals surface area contributed by atoms with E-state index in [1.54, 1.807) is 28.8 Å². The Labute approximate surface area is 124 Å². The summed E-state index contributed by atoms with van der Waals surface area (Å²) in [6, 6.07) is 5.73. The fourth-order valence-electron chi connectivity index (χ4n) is 3.33. The van der Waals surface area contributed by atoms with Crippen LogP contribution in [0, 0.1) is 12.8 Å². The van der Waals surface area contributed by atoms with Crippen LogP contribution in [0.2, 0.25) is 0 Å². The zero-order valence-electron chi connectivity index (χ0n) is 11.8. The van der Waals surface area contributed by atoms with Gasteiger partial charge in [-0.25, -0.2) is 8.42 Å². The van der Waals surface area contributed by atoms with Crippen molar-refractivity contribution in [2.75, 3.05) is 19.6 Å². The third-order valence-electron chi connectivity index (χ3n) is 4.60. The molecule has 1 aromatic heterocycles. The second kappa shape index (κ2) is 4.50. The number of fused-ring (bicyclic) bond motifs is 2. The van der Waals surface area contributed by atoms with Crippen LogP contribution in [-0.2, 0) is 10.0 Å². The fourth-order valence-corrected chi connectivity index (χ4v) is 5.14. The van der Waals surface area contributed by atoms with E-state index in [1.165, 1.54) is 0 Å². The number of hydrogen-bond acceptors (Lipinski definition) is 4. The molecule has 0 bridgehead atoms. The molecule has 2 saturated heterocycles. The van der Waals surface area contributed by atoms with Gasteiger partial charge in [0.1, 0.15) is 0 Å². The average molecular weight is 303 g/mol. The van der Waals surface area contributed by atoms with Crippen molar-refractivity contribution in [2.24, 2.45) is 5.92 Å². The zero-order chi connectivity index (χ0) is 14.6. The number of hydrogen-bond donors (Lipinski definition) is 1. The van der Waals surface area contributed by atoms with Crippen LogP contribution in [0.25, 0.3) is 10.8 Å². The van der Waals surface area contributed by atoms with Crippen molar-refractivity contribution in [3.05, 3.63) is 36.2 Å². The Kier molecular flexibility index (Phi) is 2.82. The van der Waals surface area contributed by atoms with Crippen LogP contribution in [0.1, 0.15) is 5.56 Å². The predicted molar refractivity (Wildman–Crippen MR) is 80.5 cm³/mol. The summed E-state index contributed by atoms with van der Waals surface area (Å²) in [6.45, 7) is 4.03. The molecular weight excluding hydrogens is 286 g/mol. The van der Waals surface area contributed by atoms with Crippen molar-refractivity contribution >= 4 is 20.8 Å². The molecule has 2 aliphatic rings. The van der Waals surface area contributed by atoms with Gasteiger partial charge in [0.15, 0.2) is 0 Å². The maximum absolute atomic E-state index is 13.0.